The highest BCUT2D eigenvalue weighted by Crippen LogP contribution is 2.19. The van der Waals surface area contributed by atoms with Crippen LogP contribution in [0, 0.1) is 0 Å². The number of nitrogens with one attached hydrogen (secondary N) is 3. The van der Waals surface area contributed by atoms with E-state index in [0.29, 0.717) is 64.2 Å². The first kappa shape index (κ1) is 26.3. The largest absolute Gasteiger partial charge is 0.444 e. The van der Waals surface area contributed by atoms with Gasteiger partial charge in [-0.1, -0.05) is 0 Å². The Bertz CT molecular complexity index is 882. The molecule has 0 aliphatic heterocycles. The lowest BCUT2D eigenvalue weighted by molar-refractivity contribution is 0.0148. The maximum atomic E-state index is 12.3. The van der Waals surface area contributed by atoms with Crippen molar-refractivity contribution in [1.82, 2.24) is 25.2 Å². The summed E-state index contributed by atoms with van der Waals surface area (Å²) in [4.78, 5) is 32.1. The Morgan fingerprint density at radius 3 is 2.15 bits per heavy atom. The normalized spacial score (nSPS) is 11.4. The highest BCUT2D eigenvalue weighted by Gasteiger charge is 2.15. The van der Waals surface area contributed by atoms with Gasteiger partial charge in [0.2, 0.25) is 0 Å². The van der Waals surface area contributed by atoms with E-state index in [9.17, 15) is 9.59 Å². The number of carbonyl (C=O) groups excluding carboxylic acids is 2. The van der Waals surface area contributed by atoms with Crippen molar-refractivity contribution in [2.24, 2.45) is 0 Å². The highest BCUT2D eigenvalue weighted by atomic mass is 16.6. The number of anilines is 1. The molecule has 0 aliphatic carbocycles. The molecule has 12 nitrogen and oxygen atoms in total. The van der Waals surface area contributed by atoms with Gasteiger partial charge in [-0.05, 0) is 26.8 Å². The van der Waals surface area contributed by atoms with E-state index in [4.69, 9.17) is 18.9 Å². The van der Waals surface area contributed by atoms with Gasteiger partial charge in [0.15, 0.2) is 5.65 Å². The van der Waals surface area contributed by atoms with E-state index in [2.05, 4.69) is 25.9 Å². The summed E-state index contributed by atoms with van der Waals surface area (Å²) in [6.07, 6.45) is 2.60. The zero-order valence-electron chi connectivity index (χ0n) is 19.7. The number of nitrogens with zero attached hydrogens (tertiary/aromatic N) is 3. The van der Waals surface area contributed by atoms with E-state index in [1.54, 1.807) is 40.1 Å². The van der Waals surface area contributed by atoms with Gasteiger partial charge in [0.25, 0.3) is 0 Å². The van der Waals surface area contributed by atoms with Gasteiger partial charge in [-0.2, -0.15) is 0 Å². The lowest BCUT2D eigenvalue weighted by Crippen LogP contribution is -2.34. The van der Waals surface area contributed by atoms with Crippen LogP contribution in [0.2, 0.25) is 0 Å². The number of carbonyl (C=O) groups is 2. The SMILES string of the molecule is CNc1ncnc2c1ccn2C(=O)NCCOCCOCCOCCNC(=O)OC(C)(C)C. The van der Waals surface area contributed by atoms with Crippen LogP contribution in [0.5, 0.6) is 0 Å². The zero-order valence-corrected chi connectivity index (χ0v) is 19.7. The van der Waals surface area contributed by atoms with E-state index in [1.807, 2.05) is 0 Å². The Morgan fingerprint density at radius 1 is 0.939 bits per heavy atom. The number of aromatic nitrogens is 3. The molecule has 0 aromatic carbocycles. The van der Waals surface area contributed by atoms with Crippen molar-refractivity contribution < 1.29 is 28.5 Å². The minimum absolute atomic E-state index is 0.288. The third-order valence-corrected chi connectivity index (χ3v) is 4.12. The Kier molecular flexibility index (Phi) is 10.8. The van der Waals surface area contributed by atoms with Crippen LogP contribution in [-0.4, -0.2) is 92.0 Å². The average Bonchev–Trinajstić information content (AvgIpc) is 3.20. The van der Waals surface area contributed by atoms with E-state index >= 15 is 0 Å². The molecule has 2 rings (SSSR count). The fraction of sp³-hybridized carbons (Fsp3) is 0.619. The summed E-state index contributed by atoms with van der Waals surface area (Å²) in [5.41, 5.74) is 0.0137. The first-order valence-electron chi connectivity index (χ1n) is 10.8. The molecule has 0 spiro atoms. The molecule has 0 fully saturated rings. The van der Waals surface area contributed by atoms with Crippen LogP contribution in [0.1, 0.15) is 20.8 Å². The second-order valence-corrected chi connectivity index (χ2v) is 7.89. The lowest BCUT2D eigenvalue weighted by atomic mass is 10.2. The molecule has 3 N–H and O–H groups in total. The van der Waals surface area contributed by atoms with E-state index < -0.39 is 11.7 Å². The van der Waals surface area contributed by atoms with Gasteiger partial charge in [-0.3, -0.25) is 4.57 Å². The van der Waals surface area contributed by atoms with Crippen LogP contribution in [0.25, 0.3) is 11.0 Å². The van der Waals surface area contributed by atoms with Gasteiger partial charge < -0.3 is 34.9 Å². The maximum Gasteiger partial charge on any atom is 0.407 e. The fourth-order valence-corrected chi connectivity index (χ4v) is 2.71. The van der Waals surface area contributed by atoms with Crippen molar-refractivity contribution in [2.45, 2.75) is 26.4 Å². The van der Waals surface area contributed by atoms with Gasteiger partial charge in [0.1, 0.15) is 17.7 Å². The minimum atomic E-state index is -0.518. The number of hydrogen-bond donors (Lipinski definition) is 3. The predicted octanol–water partition coefficient (Wildman–Crippen LogP) is 1.61. The molecule has 2 aromatic rings. The minimum Gasteiger partial charge on any atom is -0.444 e. The van der Waals surface area contributed by atoms with E-state index in [1.165, 1.54) is 10.9 Å². The van der Waals surface area contributed by atoms with Crippen molar-refractivity contribution in [1.29, 1.82) is 0 Å². The maximum absolute atomic E-state index is 12.3. The second-order valence-electron chi connectivity index (χ2n) is 7.89. The number of ether oxygens (including phenoxy) is 4. The summed E-state index contributed by atoms with van der Waals surface area (Å²) in [7, 11) is 1.76. The summed E-state index contributed by atoms with van der Waals surface area (Å²) < 4.78 is 22.8. The molecule has 184 valence electrons. The molecule has 2 heterocycles. The van der Waals surface area contributed by atoms with Gasteiger partial charge >= 0.3 is 12.1 Å². The molecule has 0 radical (unpaired) electrons. The molecule has 0 saturated heterocycles. The molecule has 0 unspecified atom stereocenters. The number of rotatable bonds is 13. The molecular weight excluding hydrogens is 432 g/mol. The summed E-state index contributed by atoms with van der Waals surface area (Å²) in [5.74, 6) is 0.665. The molecule has 0 atom stereocenters. The third kappa shape index (κ3) is 9.60. The van der Waals surface area contributed by atoms with Crippen molar-refractivity contribution >= 4 is 29.0 Å². The van der Waals surface area contributed by atoms with Crippen LogP contribution in [0.15, 0.2) is 18.6 Å². The lowest BCUT2D eigenvalue weighted by Gasteiger charge is -2.19. The zero-order chi connectivity index (χ0) is 24.1. The van der Waals surface area contributed by atoms with Crippen LogP contribution in [0.4, 0.5) is 15.4 Å². The molecule has 2 amide bonds. The van der Waals surface area contributed by atoms with Crippen LogP contribution in [-0.2, 0) is 18.9 Å². The highest BCUT2D eigenvalue weighted by molar-refractivity contribution is 5.94. The summed E-state index contributed by atoms with van der Waals surface area (Å²) in [6.45, 7) is 8.53. The van der Waals surface area contributed by atoms with Gasteiger partial charge in [0, 0.05) is 26.3 Å². The number of amides is 2. The molecule has 2 aromatic heterocycles. The smallest absolute Gasteiger partial charge is 0.407 e. The molecule has 0 saturated carbocycles. The number of fused-ring (bicyclic) bond motifs is 1. The fourth-order valence-electron chi connectivity index (χ4n) is 2.71. The molecule has 33 heavy (non-hydrogen) atoms. The summed E-state index contributed by atoms with van der Waals surface area (Å²) in [6, 6.07) is 1.50. The van der Waals surface area contributed by atoms with E-state index in [0.717, 1.165) is 5.39 Å². The molecular formula is C21H34N6O6. The average molecular weight is 467 g/mol. The first-order chi connectivity index (χ1) is 15.8. The standard InChI is InChI=1S/C21H34N6O6/c1-21(2,3)33-20(29)24-7-10-31-12-14-32-13-11-30-9-6-23-19(28)27-8-5-16-17(22-4)25-15-26-18(16)27/h5,8,15H,6-7,9-14H2,1-4H3,(H,23,28)(H,24,29)(H,22,25,26). The van der Waals surface area contributed by atoms with Gasteiger partial charge in [-0.25, -0.2) is 19.6 Å². The Morgan fingerprint density at radius 2 is 1.55 bits per heavy atom. The predicted molar refractivity (Wildman–Crippen MR) is 123 cm³/mol. The van der Waals surface area contributed by atoms with Crippen molar-refractivity contribution in [3.8, 4) is 0 Å². The summed E-state index contributed by atoms with van der Waals surface area (Å²) in [5, 5.41) is 9.14. The molecule has 12 heteroatoms. The van der Waals surface area contributed by atoms with Crippen molar-refractivity contribution in [3.63, 3.8) is 0 Å². The van der Waals surface area contributed by atoms with Crippen molar-refractivity contribution in [2.75, 3.05) is 65.1 Å². The van der Waals surface area contributed by atoms with Crippen LogP contribution in [0.3, 0.4) is 0 Å². The molecule has 0 aliphatic rings. The van der Waals surface area contributed by atoms with Gasteiger partial charge in [-0.15, -0.1) is 0 Å². The quantitative estimate of drug-likeness (QED) is 0.376. The Balaban J connectivity index is 1.45. The monoisotopic (exact) mass is 466 g/mol. The number of alkyl carbamates (subject to hydrolysis) is 1. The van der Waals surface area contributed by atoms with Crippen molar-refractivity contribution in [3.05, 3.63) is 18.6 Å². The Hall–Kier alpha value is -2.96. The van der Waals surface area contributed by atoms with Crippen LogP contribution >= 0.6 is 0 Å². The first-order valence-corrected chi connectivity index (χ1v) is 10.8. The number of hydrogen-bond acceptors (Lipinski definition) is 9. The van der Waals surface area contributed by atoms with Gasteiger partial charge in [0.05, 0.1) is 45.0 Å². The summed E-state index contributed by atoms with van der Waals surface area (Å²) >= 11 is 0. The second kappa shape index (κ2) is 13.6. The third-order valence-electron chi connectivity index (χ3n) is 4.12. The van der Waals surface area contributed by atoms with Crippen LogP contribution < -0.4 is 16.0 Å². The topological polar surface area (TPSA) is 138 Å². The molecule has 0 bridgehead atoms. The van der Waals surface area contributed by atoms with E-state index in [-0.39, 0.29) is 6.03 Å². The Labute approximate surface area is 193 Å².